The van der Waals surface area contributed by atoms with Crippen LogP contribution in [0.4, 0.5) is 0 Å². The maximum absolute atomic E-state index is 14.2. The molecule has 334 valence electrons. The van der Waals surface area contributed by atoms with Crippen molar-refractivity contribution in [3.63, 3.8) is 0 Å². The van der Waals surface area contributed by atoms with Gasteiger partial charge in [-0.25, -0.2) is 4.79 Å². The number of nitrogens with zero attached hydrogens (tertiary/aromatic N) is 1. The van der Waals surface area contributed by atoms with Crippen LogP contribution in [0, 0.1) is 17.2 Å². The third kappa shape index (κ3) is 17.2. The molecule has 2 aromatic rings. The minimum absolute atomic E-state index is 0.0155. The lowest BCUT2D eigenvalue weighted by molar-refractivity contribution is -0.142. The van der Waals surface area contributed by atoms with Crippen molar-refractivity contribution in [1.82, 2.24) is 36.8 Å². The summed E-state index contributed by atoms with van der Waals surface area (Å²) in [5.74, 6) is -4.97. The van der Waals surface area contributed by atoms with Crippen molar-refractivity contribution >= 4 is 47.4 Å². The smallest absolute Gasteiger partial charge is 0.326 e. The Balaban J connectivity index is 1.80. The first-order valence-electron chi connectivity index (χ1n) is 20.9. The van der Waals surface area contributed by atoms with Crippen molar-refractivity contribution in [2.45, 2.75) is 115 Å². The number of carboxylic acid groups (broad SMARTS) is 1. The molecule has 2 aromatic carbocycles. The molecule has 3 rings (SSSR count). The van der Waals surface area contributed by atoms with Gasteiger partial charge in [0.15, 0.2) is 5.96 Å². The van der Waals surface area contributed by atoms with Gasteiger partial charge in [0.25, 0.3) is 0 Å². The predicted molar refractivity (Wildman–Crippen MR) is 229 cm³/mol. The van der Waals surface area contributed by atoms with Crippen LogP contribution in [-0.2, 0) is 46.4 Å². The van der Waals surface area contributed by atoms with Crippen molar-refractivity contribution in [3.05, 3.63) is 71.8 Å². The first kappa shape index (κ1) is 49.3. The topological polar surface area (TPSA) is 291 Å². The van der Waals surface area contributed by atoms with Gasteiger partial charge in [0.1, 0.15) is 30.2 Å². The Bertz CT molecular complexity index is 1800. The number of nitrogens with one attached hydrogen (secondary N) is 7. The van der Waals surface area contributed by atoms with Crippen molar-refractivity contribution in [3.8, 4) is 0 Å². The number of carboxylic acids is 1. The van der Waals surface area contributed by atoms with Gasteiger partial charge >= 0.3 is 5.97 Å². The number of carbonyl (C=O) groups is 7. The third-order valence-corrected chi connectivity index (χ3v) is 10.1. The number of rotatable bonds is 24. The van der Waals surface area contributed by atoms with E-state index >= 15 is 0 Å². The highest BCUT2D eigenvalue weighted by molar-refractivity contribution is 5.97. The fourth-order valence-corrected chi connectivity index (χ4v) is 7.07. The Morgan fingerprint density at radius 1 is 0.738 bits per heavy atom. The summed E-state index contributed by atoms with van der Waals surface area (Å²) < 4.78 is 0. The number of aliphatic carboxylic acids is 1. The van der Waals surface area contributed by atoms with Crippen LogP contribution in [0.2, 0.25) is 0 Å². The quantitative estimate of drug-likeness (QED) is 0.0389. The molecule has 6 atom stereocenters. The second-order valence-corrected chi connectivity index (χ2v) is 16.3. The van der Waals surface area contributed by atoms with Gasteiger partial charge in [0, 0.05) is 25.9 Å². The molecule has 18 nitrogen and oxygen atoms in total. The molecule has 1 aliphatic rings. The van der Waals surface area contributed by atoms with Gasteiger partial charge in [-0.2, -0.15) is 0 Å². The molecule has 61 heavy (non-hydrogen) atoms. The van der Waals surface area contributed by atoms with Crippen molar-refractivity contribution in [2.24, 2.45) is 23.3 Å². The van der Waals surface area contributed by atoms with Crippen LogP contribution in [0.1, 0.15) is 77.3 Å². The molecule has 1 fully saturated rings. The number of nitrogens with two attached hydrogens (primary N) is 2. The molecule has 0 radical (unpaired) electrons. The summed E-state index contributed by atoms with van der Waals surface area (Å²) in [4.78, 5) is 95.2. The molecule has 1 saturated heterocycles. The van der Waals surface area contributed by atoms with Crippen molar-refractivity contribution in [2.75, 3.05) is 19.6 Å². The monoisotopic (exact) mass is 848 g/mol. The van der Waals surface area contributed by atoms with Crippen molar-refractivity contribution < 1.29 is 38.7 Å². The molecule has 1 aliphatic heterocycles. The summed E-state index contributed by atoms with van der Waals surface area (Å²) in [6.07, 6.45) is 1.99. The number of amides is 6. The van der Waals surface area contributed by atoms with Gasteiger partial charge in [0.2, 0.25) is 35.4 Å². The molecule has 0 aromatic heterocycles. The second kappa shape index (κ2) is 24.9. The normalized spacial score (nSPS) is 16.0. The van der Waals surface area contributed by atoms with Gasteiger partial charge < -0.3 is 53.4 Å². The molecule has 0 aliphatic carbocycles. The zero-order valence-corrected chi connectivity index (χ0v) is 35.6. The predicted octanol–water partition coefficient (Wildman–Crippen LogP) is 0.286. The first-order valence-corrected chi connectivity index (χ1v) is 20.9. The van der Waals surface area contributed by atoms with E-state index in [1.807, 2.05) is 33.8 Å². The maximum Gasteiger partial charge on any atom is 0.326 e. The molecule has 12 N–H and O–H groups in total. The molecular weight excluding hydrogens is 785 g/mol. The highest BCUT2D eigenvalue weighted by Gasteiger charge is 2.40. The van der Waals surface area contributed by atoms with Crippen LogP contribution in [-0.4, -0.2) is 113 Å². The van der Waals surface area contributed by atoms with E-state index in [9.17, 15) is 38.7 Å². The van der Waals surface area contributed by atoms with Crippen LogP contribution in [0.5, 0.6) is 0 Å². The zero-order chi connectivity index (χ0) is 45.1. The van der Waals surface area contributed by atoms with Crippen molar-refractivity contribution in [1.29, 1.82) is 5.41 Å². The molecule has 0 spiro atoms. The minimum atomic E-state index is -1.28. The summed E-state index contributed by atoms with van der Waals surface area (Å²) in [5.41, 5.74) is 12.8. The van der Waals surface area contributed by atoms with Crippen LogP contribution >= 0.6 is 0 Å². The summed E-state index contributed by atoms with van der Waals surface area (Å²) in [6.45, 7) is 7.66. The summed E-state index contributed by atoms with van der Waals surface area (Å²) in [5, 5.41) is 32.7. The fourth-order valence-electron chi connectivity index (χ4n) is 7.07. The van der Waals surface area contributed by atoms with E-state index in [1.165, 1.54) is 4.90 Å². The SMILES string of the molecule is CC(C)C[C@H](NC(=O)[C@@H](N)CC(C)C)C(=O)N1CCC[C@H]1C(=O)N[C@@H](Cc1ccccc1)C(=O)N[C@@H](Cc1ccccc1)C(=O)NCC(=O)N[C@@H](CCCNC(=N)N)C(=O)O. The Morgan fingerprint density at radius 3 is 1.84 bits per heavy atom. The van der Waals surface area contributed by atoms with Crippen LogP contribution in [0.15, 0.2) is 60.7 Å². The van der Waals surface area contributed by atoms with E-state index in [2.05, 4.69) is 31.9 Å². The fraction of sp³-hybridized carbons (Fsp3) is 0.535. The molecule has 0 saturated carbocycles. The third-order valence-electron chi connectivity index (χ3n) is 10.1. The number of guanidine groups is 1. The summed E-state index contributed by atoms with van der Waals surface area (Å²) in [6, 6.07) is 11.5. The number of hydrogen-bond donors (Lipinski definition) is 10. The average Bonchev–Trinajstić information content (AvgIpc) is 3.70. The summed E-state index contributed by atoms with van der Waals surface area (Å²) >= 11 is 0. The van der Waals surface area contributed by atoms with Crippen LogP contribution in [0.3, 0.4) is 0 Å². The lowest BCUT2D eigenvalue weighted by atomic mass is 9.99. The molecule has 1 heterocycles. The summed E-state index contributed by atoms with van der Waals surface area (Å²) in [7, 11) is 0. The Morgan fingerprint density at radius 2 is 1.30 bits per heavy atom. The second-order valence-electron chi connectivity index (χ2n) is 16.3. The van der Waals surface area contributed by atoms with E-state index in [0.717, 1.165) is 0 Å². The van der Waals surface area contributed by atoms with E-state index in [1.54, 1.807) is 54.6 Å². The Labute approximate surface area is 357 Å². The highest BCUT2D eigenvalue weighted by atomic mass is 16.4. The maximum atomic E-state index is 14.2. The minimum Gasteiger partial charge on any atom is -0.480 e. The Hall–Kier alpha value is -6.04. The largest absolute Gasteiger partial charge is 0.480 e. The number of carbonyl (C=O) groups excluding carboxylic acids is 6. The molecular formula is C43H64N10O8. The van der Waals surface area contributed by atoms with Gasteiger partial charge in [-0.15, -0.1) is 0 Å². The standard InChI is InChI=1S/C43H64N10O8/c1-26(2)21-30(44)37(55)52-34(22-27(3)4)41(59)53-20-12-18-35(53)40(58)51-33(24-29-15-9-6-10-16-29)39(57)50-32(23-28-13-7-5-8-14-28)38(56)48-25-36(54)49-31(42(60)61)17-11-19-47-43(45)46/h5-10,13-16,26-27,30-35H,11-12,17-25,44H2,1-4H3,(H,48,56)(H,49,54)(H,50,57)(H,51,58)(H,52,55)(H,60,61)(H4,45,46,47)/t30-,31-,32-,33-,34-,35-/m0/s1. The number of likely N-dealkylation sites (tertiary alicyclic amines) is 1. The van der Waals surface area contributed by atoms with E-state index in [-0.39, 0.29) is 56.6 Å². The number of hydrogen-bond acceptors (Lipinski definition) is 9. The van der Waals surface area contributed by atoms with E-state index < -0.39 is 84.2 Å². The van der Waals surface area contributed by atoms with Crippen LogP contribution < -0.4 is 43.4 Å². The first-order chi connectivity index (χ1) is 28.9. The van der Waals surface area contributed by atoms with Gasteiger partial charge in [0.05, 0.1) is 12.6 Å². The van der Waals surface area contributed by atoms with Gasteiger partial charge in [-0.3, -0.25) is 34.2 Å². The molecule has 18 heteroatoms. The zero-order valence-electron chi connectivity index (χ0n) is 35.6. The van der Waals surface area contributed by atoms with Gasteiger partial charge in [-0.1, -0.05) is 88.4 Å². The number of benzene rings is 2. The molecule has 0 bridgehead atoms. The van der Waals surface area contributed by atoms with E-state index in [0.29, 0.717) is 36.8 Å². The highest BCUT2D eigenvalue weighted by Crippen LogP contribution is 2.21. The average molecular weight is 849 g/mol. The van der Waals surface area contributed by atoms with E-state index in [4.69, 9.17) is 16.9 Å². The lowest BCUT2D eigenvalue weighted by Gasteiger charge is -2.31. The lowest BCUT2D eigenvalue weighted by Crippen LogP contribution is -2.59. The Kier molecular flexibility index (Phi) is 20.1. The molecule has 6 amide bonds. The van der Waals surface area contributed by atoms with Gasteiger partial charge in [-0.05, 0) is 61.5 Å². The van der Waals surface area contributed by atoms with Crippen LogP contribution in [0.25, 0.3) is 0 Å². The molecule has 0 unspecified atom stereocenters.